The van der Waals surface area contributed by atoms with Gasteiger partial charge in [-0.2, -0.15) is 0 Å². The Morgan fingerprint density at radius 2 is 2.07 bits per heavy atom. The maximum atomic E-state index is 11.9. The predicted molar refractivity (Wildman–Crippen MR) is 58.0 cm³/mol. The van der Waals surface area contributed by atoms with Crippen LogP contribution in [0.3, 0.4) is 0 Å². The van der Waals surface area contributed by atoms with E-state index in [1.807, 2.05) is 0 Å². The van der Waals surface area contributed by atoms with Gasteiger partial charge in [0.05, 0.1) is 5.92 Å². The van der Waals surface area contributed by atoms with Crippen molar-refractivity contribution in [2.75, 3.05) is 26.2 Å². The van der Waals surface area contributed by atoms with E-state index in [4.69, 9.17) is 0 Å². The van der Waals surface area contributed by atoms with Crippen LogP contribution in [-0.2, 0) is 4.79 Å². The second-order valence-electron chi connectivity index (χ2n) is 3.51. The van der Waals surface area contributed by atoms with Gasteiger partial charge in [0.15, 0.2) is 0 Å². The van der Waals surface area contributed by atoms with Crippen LogP contribution in [-0.4, -0.2) is 37.0 Å². The molecule has 0 aliphatic carbocycles. The lowest BCUT2D eigenvalue weighted by atomic mass is 10.1. The number of hydrogen-bond donors (Lipinski definition) is 1. The molecule has 0 spiro atoms. The Bertz CT molecular complexity index is 209. The highest BCUT2D eigenvalue weighted by Gasteiger charge is 2.25. The highest BCUT2D eigenvalue weighted by molar-refractivity contribution is 5.79. The van der Waals surface area contributed by atoms with Crippen LogP contribution in [0.2, 0.25) is 0 Å². The van der Waals surface area contributed by atoms with Gasteiger partial charge >= 0.3 is 0 Å². The number of nitrogens with one attached hydrogen (secondary N) is 1. The van der Waals surface area contributed by atoms with Crippen LogP contribution in [0.15, 0.2) is 25.3 Å². The van der Waals surface area contributed by atoms with Gasteiger partial charge in [-0.1, -0.05) is 12.2 Å². The molecule has 1 aliphatic rings. The van der Waals surface area contributed by atoms with Gasteiger partial charge in [-0.05, 0) is 13.0 Å². The van der Waals surface area contributed by atoms with Gasteiger partial charge in [0.25, 0.3) is 0 Å². The topological polar surface area (TPSA) is 32.3 Å². The monoisotopic (exact) mass is 194 g/mol. The van der Waals surface area contributed by atoms with Crippen molar-refractivity contribution in [1.82, 2.24) is 10.2 Å². The average Bonchev–Trinajstić information content (AvgIpc) is 2.69. The molecule has 0 saturated carbocycles. The van der Waals surface area contributed by atoms with Crippen LogP contribution in [0.25, 0.3) is 0 Å². The molecule has 1 rings (SSSR count). The van der Waals surface area contributed by atoms with Gasteiger partial charge in [-0.25, -0.2) is 0 Å². The van der Waals surface area contributed by atoms with Crippen molar-refractivity contribution in [3.05, 3.63) is 25.3 Å². The van der Waals surface area contributed by atoms with Crippen LogP contribution >= 0.6 is 0 Å². The molecule has 0 bridgehead atoms. The zero-order valence-electron chi connectivity index (χ0n) is 8.54. The highest BCUT2D eigenvalue weighted by Crippen LogP contribution is 2.11. The van der Waals surface area contributed by atoms with Gasteiger partial charge in [0.1, 0.15) is 0 Å². The number of nitrogens with zero attached hydrogens (tertiary/aromatic N) is 1. The van der Waals surface area contributed by atoms with E-state index < -0.39 is 0 Å². The summed E-state index contributed by atoms with van der Waals surface area (Å²) in [5, 5.41) is 3.19. The second-order valence-corrected chi connectivity index (χ2v) is 3.51. The molecule has 1 fully saturated rings. The van der Waals surface area contributed by atoms with Crippen molar-refractivity contribution >= 4 is 5.91 Å². The zero-order valence-corrected chi connectivity index (χ0v) is 8.54. The van der Waals surface area contributed by atoms with Gasteiger partial charge < -0.3 is 10.2 Å². The Kier molecular flexibility index (Phi) is 4.40. The fourth-order valence-electron chi connectivity index (χ4n) is 1.69. The van der Waals surface area contributed by atoms with E-state index in [1.165, 1.54) is 0 Å². The lowest BCUT2D eigenvalue weighted by molar-refractivity contribution is -0.133. The molecule has 0 aromatic heterocycles. The van der Waals surface area contributed by atoms with Crippen molar-refractivity contribution in [3.63, 3.8) is 0 Å². The lowest BCUT2D eigenvalue weighted by Gasteiger charge is -2.22. The van der Waals surface area contributed by atoms with Crippen LogP contribution < -0.4 is 5.32 Å². The highest BCUT2D eigenvalue weighted by atomic mass is 16.2. The summed E-state index contributed by atoms with van der Waals surface area (Å²) in [6.07, 6.45) is 4.46. The molecule has 1 atom stereocenters. The molecule has 1 aliphatic heterocycles. The third kappa shape index (κ3) is 2.70. The standard InChI is InChI=1S/C11H18N2O/c1-3-7-13(8-4-2)11(14)10-5-6-12-9-10/h3-4,10,12H,1-2,5-9H2. The first kappa shape index (κ1) is 11.0. The normalized spacial score (nSPS) is 20.4. The molecular weight excluding hydrogens is 176 g/mol. The average molecular weight is 194 g/mol. The van der Waals surface area contributed by atoms with E-state index in [1.54, 1.807) is 17.1 Å². The summed E-state index contributed by atoms with van der Waals surface area (Å²) < 4.78 is 0. The van der Waals surface area contributed by atoms with Crippen LogP contribution in [0.4, 0.5) is 0 Å². The minimum absolute atomic E-state index is 0.148. The molecule has 0 radical (unpaired) electrons. The van der Waals surface area contributed by atoms with E-state index in [0.717, 1.165) is 19.5 Å². The summed E-state index contributed by atoms with van der Waals surface area (Å²) in [6.45, 7) is 10.3. The second kappa shape index (κ2) is 5.60. The SMILES string of the molecule is C=CCN(CC=C)C(=O)C1CCNC1. The quantitative estimate of drug-likeness (QED) is 0.656. The van der Waals surface area contributed by atoms with Gasteiger partial charge in [0.2, 0.25) is 5.91 Å². The first-order chi connectivity index (χ1) is 6.79. The maximum Gasteiger partial charge on any atom is 0.227 e. The van der Waals surface area contributed by atoms with E-state index >= 15 is 0 Å². The van der Waals surface area contributed by atoms with Crippen molar-refractivity contribution in [2.24, 2.45) is 5.92 Å². The third-order valence-corrected chi connectivity index (χ3v) is 2.42. The smallest absolute Gasteiger partial charge is 0.227 e. The molecule has 78 valence electrons. The number of rotatable bonds is 5. The largest absolute Gasteiger partial charge is 0.335 e. The summed E-state index contributed by atoms with van der Waals surface area (Å²) in [6, 6.07) is 0. The number of carbonyl (C=O) groups is 1. The van der Waals surface area contributed by atoms with Gasteiger partial charge in [-0.15, -0.1) is 13.2 Å². The minimum atomic E-state index is 0.148. The molecule has 3 heteroatoms. The Labute approximate surface area is 85.5 Å². The molecule has 1 heterocycles. The summed E-state index contributed by atoms with van der Waals surface area (Å²) in [5.74, 6) is 0.365. The third-order valence-electron chi connectivity index (χ3n) is 2.42. The van der Waals surface area contributed by atoms with Gasteiger partial charge in [0, 0.05) is 19.6 Å². The first-order valence-electron chi connectivity index (χ1n) is 5.01. The van der Waals surface area contributed by atoms with Crippen molar-refractivity contribution < 1.29 is 4.79 Å². The molecule has 0 aromatic rings. The first-order valence-corrected chi connectivity index (χ1v) is 5.01. The van der Waals surface area contributed by atoms with E-state index in [2.05, 4.69) is 18.5 Å². The van der Waals surface area contributed by atoms with Crippen LogP contribution in [0.1, 0.15) is 6.42 Å². The molecule has 1 saturated heterocycles. The molecule has 0 aromatic carbocycles. The molecule has 1 amide bonds. The van der Waals surface area contributed by atoms with Gasteiger partial charge in [-0.3, -0.25) is 4.79 Å². The van der Waals surface area contributed by atoms with E-state index in [9.17, 15) is 4.79 Å². The fourth-order valence-corrected chi connectivity index (χ4v) is 1.69. The van der Waals surface area contributed by atoms with E-state index in [-0.39, 0.29) is 11.8 Å². The molecule has 1 unspecified atom stereocenters. The number of hydrogen-bond acceptors (Lipinski definition) is 2. The minimum Gasteiger partial charge on any atom is -0.335 e. The summed E-state index contributed by atoms with van der Waals surface area (Å²) in [4.78, 5) is 13.7. The zero-order chi connectivity index (χ0) is 10.4. The summed E-state index contributed by atoms with van der Waals surface area (Å²) in [7, 11) is 0. The van der Waals surface area contributed by atoms with E-state index in [0.29, 0.717) is 13.1 Å². The van der Waals surface area contributed by atoms with Crippen molar-refractivity contribution in [3.8, 4) is 0 Å². The number of carbonyl (C=O) groups excluding carboxylic acids is 1. The molecule has 3 nitrogen and oxygen atoms in total. The Balaban J connectivity index is 2.51. The summed E-state index contributed by atoms with van der Waals surface area (Å²) in [5.41, 5.74) is 0. The van der Waals surface area contributed by atoms with Crippen LogP contribution in [0.5, 0.6) is 0 Å². The van der Waals surface area contributed by atoms with Crippen molar-refractivity contribution in [2.45, 2.75) is 6.42 Å². The van der Waals surface area contributed by atoms with Crippen LogP contribution in [0, 0.1) is 5.92 Å². The molecular formula is C11H18N2O. The summed E-state index contributed by atoms with van der Waals surface area (Å²) >= 11 is 0. The lowest BCUT2D eigenvalue weighted by Crippen LogP contribution is -2.37. The fraction of sp³-hybridized carbons (Fsp3) is 0.545. The maximum absolute atomic E-state index is 11.9. The molecule has 14 heavy (non-hydrogen) atoms. The Morgan fingerprint density at radius 3 is 2.50 bits per heavy atom. The predicted octanol–water partition coefficient (Wildman–Crippen LogP) is 0.796. The van der Waals surface area contributed by atoms with Crippen molar-refractivity contribution in [1.29, 1.82) is 0 Å². The Morgan fingerprint density at radius 1 is 1.43 bits per heavy atom. The molecule has 1 N–H and O–H groups in total. The number of amides is 1. The Hall–Kier alpha value is -1.09.